The maximum atomic E-state index is 15.2. The fraction of sp³-hybridized carbons (Fsp3) is 0.192. The van der Waals surface area contributed by atoms with E-state index in [1.54, 1.807) is 0 Å². The predicted octanol–water partition coefficient (Wildman–Crippen LogP) is 5.71. The minimum absolute atomic E-state index is 0.0844. The van der Waals surface area contributed by atoms with E-state index in [1.165, 1.54) is 6.92 Å². The van der Waals surface area contributed by atoms with Crippen molar-refractivity contribution in [3.8, 4) is 28.6 Å². The molecule has 1 N–H and O–H groups in total. The van der Waals surface area contributed by atoms with E-state index in [-0.39, 0.29) is 22.8 Å². The lowest BCUT2D eigenvalue weighted by Crippen LogP contribution is -2.26. The molecule has 0 atom stereocenters. The second-order valence-electron chi connectivity index (χ2n) is 8.51. The molecule has 0 bridgehead atoms. The van der Waals surface area contributed by atoms with E-state index in [0.717, 1.165) is 61.3 Å². The summed E-state index contributed by atoms with van der Waals surface area (Å²) in [7, 11) is 2.20. The molecule has 0 saturated carbocycles. The van der Waals surface area contributed by atoms with Crippen molar-refractivity contribution in [2.75, 3.05) is 12.4 Å². The van der Waals surface area contributed by atoms with Gasteiger partial charge in [0.1, 0.15) is 40.1 Å². The van der Waals surface area contributed by atoms with Crippen LogP contribution in [0.5, 0.6) is 11.5 Å². The summed E-state index contributed by atoms with van der Waals surface area (Å²) in [4.78, 5) is 30.5. The molecule has 0 aliphatic rings. The molecule has 41 heavy (non-hydrogen) atoms. The van der Waals surface area contributed by atoms with Crippen LogP contribution in [0.15, 0.2) is 53.3 Å². The first kappa shape index (κ1) is 29.2. The van der Waals surface area contributed by atoms with Crippen LogP contribution >= 0.6 is 0 Å². The summed E-state index contributed by atoms with van der Waals surface area (Å²) in [5.74, 6) is -4.99. The average molecular weight is 584 g/mol. The molecule has 8 nitrogen and oxygen atoms in total. The lowest BCUT2D eigenvalue weighted by Gasteiger charge is -2.16. The van der Waals surface area contributed by atoms with Gasteiger partial charge in [0.15, 0.2) is 5.82 Å². The molecule has 1 amide bonds. The quantitative estimate of drug-likeness (QED) is 0.282. The van der Waals surface area contributed by atoms with E-state index in [1.807, 2.05) is 0 Å². The monoisotopic (exact) mass is 584 g/mol. The molecule has 0 radical (unpaired) electrons. The van der Waals surface area contributed by atoms with Gasteiger partial charge in [0.05, 0.1) is 12.7 Å². The van der Waals surface area contributed by atoms with Crippen molar-refractivity contribution in [3.63, 3.8) is 0 Å². The van der Waals surface area contributed by atoms with Crippen LogP contribution in [-0.2, 0) is 13.2 Å². The van der Waals surface area contributed by atoms with Gasteiger partial charge in [0.2, 0.25) is 0 Å². The van der Waals surface area contributed by atoms with Crippen LogP contribution in [0.1, 0.15) is 21.6 Å². The van der Waals surface area contributed by atoms with Crippen LogP contribution in [0.4, 0.5) is 36.4 Å². The molecule has 0 spiro atoms. The Kier molecular flexibility index (Phi) is 7.81. The Balaban J connectivity index is 1.96. The summed E-state index contributed by atoms with van der Waals surface area (Å²) in [5.41, 5.74) is -5.03. The summed E-state index contributed by atoms with van der Waals surface area (Å²) in [5, 5.41) is 2.19. The van der Waals surface area contributed by atoms with Crippen LogP contribution in [0, 0.1) is 18.6 Å². The minimum Gasteiger partial charge on any atom is -0.497 e. The van der Waals surface area contributed by atoms with E-state index < -0.39 is 64.2 Å². The third-order valence-corrected chi connectivity index (χ3v) is 5.86. The highest BCUT2D eigenvalue weighted by atomic mass is 19.4. The number of benzene rings is 2. The highest BCUT2D eigenvalue weighted by Crippen LogP contribution is 2.37. The smallest absolute Gasteiger partial charge is 0.420 e. The standard InChI is InChI=1S/C26H19F7N4O4/c1-12-4-9-16(26(31,32)33)22(34-12)37-24(39)20(35-23(38)13-5-7-14(8-6-13)41-25(29)30)21(36(37)2)19-17(27)10-15(40-3)11-18(19)28/h4-11,25H,1-3H3,(H,35,38). The molecule has 2 heterocycles. The van der Waals surface area contributed by atoms with Gasteiger partial charge in [0, 0.05) is 30.4 Å². The number of halogens is 7. The number of rotatable bonds is 7. The normalized spacial score (nSPS) is 11.6. The van der Waals surface area contributed by atoms with Crippen molar-refractivity contribution >= 4 is 11.6 Å². The van der Waals surface area contributed by atoms with E-state index in [9.17, 15) is 31.5 Å². The van der Waals surface area contributed by atoms with Crippen LogP contribution in [0.25, 0.3) is 17.1 Å². The number of aryl methyl sites for hydroxylation is 1. The maximum Gasteiger partial charge on any atom is 0.420 e. The Labute approximate surface area is 226 Å². The average Bonchev–Trinajstić information content (AvgIpc) is 3.11. The topological polar surface area (TPSA) is 87.4 Å². The van der Waals surface area contributed by atoms with Gasteiger partial charge < -0.3 is 14.8 Å². The molecular weight excluding hydrogens is 565 g/mol. The molecule has 0 aliphatic carbocycles. The van der Waals surface area contributed by atoms with E-state index >= 15 is 8.78 Å². The van der Waals surface area contributed by atoms with Gasteiger partial charge in [0.25, 0.3) is 11.5 Å². The largest absolute Gasteiger partial charge is 0.497 e. The number of hydrogen-bond acceptors (Lipinski definition) is 5. The van der Waals surface area contributed by atoms with Gasteiger partial charge >= 0.3 is 12.8 Å². The predicted molar refractivity (Wildman–Crippen MR) is 131 cm³/mol. The number of alkyl halides is 5. The highest BCUT2D eigenvalue weighted by molar-refractivity contribution is 6.06. The molecule has 0 aliphatic heterocycles. The summed E-state index contributed by atoms with van der Waals surface area (Å²) < 4.78 is 107. The van der Waals surface area contributed by atoms with Crippen LogP contribution < -0.4 is 20.3 Å². The minimum atomic E-state index is -4.98. The summed E-state index contributed by atoms with van der Waals surface area (Å²) in [6.45, 7) is -1.77. The van der Waals surface area contributed by atoms with Gasteiger partial charge in [-0.1, -0.05) is 0 Å². The van der Waals surface area contributed by atoms with Gasteiger partial charge in [-0.15, -0.1) is 0 Å². The van der Waals surface area contributed by atoms with Crippen molar-refractivity contribution < 1.29 is 45.0 Å². The fourth-order valence-corrected chi connectivity index (χ4v) is 4.04. The first-order valence-electron chi connectivity index (χ1n) is 11.5. The zero-order chi connectivity index (χ0) is 30.2. The van der Waals surface area contributed by atoms with Crippen LogP contribution in [0.3, 0.4) is 0 Å². The number of nitrogens with zero attached hydrogens (tertiary/aromatic N) is 3. The zero-order valence-corrected chi connectivity index (χ0v) is 21.3. The van der Waals surface area contributed by atoms with Gasteiger partial charge in [-0.3, -0.25) is 14.3 Å². The number of pyridine rings is 1. The molecule has 2 aromatic carbocycles. The van der Waals surface area contributed by atoms with Crippen LogP contribution in [-0.4, -0.2) is 34.0 Å². The van der Waals surface area contributed by atoms with Crippen LogP contribution in [0.2, 0.25) is 0 Å². The molecule has 0 fully saturated rings. The van der Waals surface area contributed by atoms with Crippen molar-refractivity contribution in [2.24, 2.45) is 7.05 Å². The number of carbonyl (C=O) groups is 1. The number of hydrogen-bond donors (Lipinski definition) is 1. The van der Waals surface area contributed by atoms with E-state index in [2.05, 4.69) is 15.0 Å². The molecule has 216 valence electrons. The Morgan fingerprint density at radius 2 is 1.61 bits per heavy atom. The first-order valence-corrected chi connectivity index (χ1v) is 11.5. The molecular formula is C26H19F7N4O4. The summed E-state index contributed by atoms with van der Waals surface area (Å²) in [6, 6.07) is 7.49. The molecule has 0 unspecified atom stereocenters. The van der Waals surface area contributed by atoms with Gasteiger partial charge in [-0.25, -0.2) is 13.8 Å². The van der Waals surface area contributed by atoms with Crippen molar-refractivity contribution in [3.05, 3.63) is 87.3 Å². The number of amides is 1. The third kappa shape index (κ3) is 5.73. The van der Waals surface area contributed by atoms with Gasteiger partial charge in [-0.05, 0) is 43.3 Å². The number of carbonyl (C=O) groups excluding carboxylic acids is 1. The fourth-order valence-electron chi connectivity index (χ4n) is 4.04. The SMILES string of the molecule is COc1cc(F)c(-c2c(NC(=O)c3ccc(OC(F)F)cc3)c(=O)n(-c3nc(C)ccc3C(F)(F)F)n2C)c(F)c1. The van der Waals surface area contributed by atoms with Crippen molar-refractivity contribution in [1.82, 2.24) is 14.3 Å². The third-order valence-electron chi connectivity index (χ3n) is 5.86. The van der Waals surface area contributed by atoms with E-state index in [4.69, 9.17) is 4.74 Å². The maximum absolute atomic E-state index is 15.2. The number of methoxy groups -OCH3 is 1. The molecule has 4 aromatic rings. The molecule has 4 rings (SSSR count). The number of aromatic nitrogens is 3. The lowest BCUT2D eigenvalue weighted by molar-refractivity contribution is -0.137. The Morgan fingerprint density at radius 3 is 2.15 bits per heavy atom. The number of ether oxygens (including phenoxy) is 2. The van der Waals surface area contributed by atoms with Gasteiger partial charge in [-0.2, -0.15) is 26.6 Å². The highest BCUT2D eigenvalue weighted by Gasteiger charge is 2.37. The zero-order valence-electron chi connectivity index (χ0n) is 21.3. The summed E-state index contributed by atoms with van der Waals surface area (Å²) >= 11 is 0. The summed E-state index contributed by atoms with van der Waals surface area (Å²) in [6.07, 6.45) is -4.98. The Hall–Kier alpha value is -4.82. The lowest BCUT2D eigenvalue weighted by atomic mass is 10.1. The van der Waals surface area contributed by atoms with E-state index in [0.29, 0.717) is 10.7 Å². The molecule has 0 saturated heterocycles. The number of anilines is 1. The Bertz CT molecular complexity index is 1660. The second-order valence-corrected chi connectivity index (χ2v) is 8.51. The Morgan fingerprint density at radius 1 is 1.00 bits per heavy atom. The first-order chi connectivity index (χ1) is 19.2. The van der Waals surface area contributed by atoms with Crippen molar-refractivity contribution in [1.29, 1.82) is 0 Å². The molecule has 15 heteroatoms. The van der Waals surface area contributed by atoms with Crippen molar-refractivity contribution in [2.45, 2.75) is 19.7 Å². The number of nitrogens with one attached hydrogen (secondary N) is 1. The second kappa shape index (κ2) is 11.0. The molecule has 2 aromatic heterocycles.